The highest BCUT2D eigenvalue weighted by atomic mass is 35.5. The van der Waals surface area contributed by atoms with E-state index in [1.807, 2.05) is 42.2 Å². The molecule has 136 valence electrons. The van der Waals surface area contributed by atoms with E-state index in [9.17, 15) is 9.59 Å². The number of nitrogens with one attached hydrogen (secondary N) is 1. The number of carbonyl (C=O) groups is 2. The molecule has 2 aromatic rings. The third-order valence-corrected chi connectivity index (χ3v) is 6.21. The fraction of sp³-hybridized carbons (Fsp3) is 0.400. The van der Waals surface area contributed by atoms with Crippen LogP contribution in [0.25, 0.3) is 0 Å². The van der Waals surface area contributed by atoms with Crippen molar-refractivity contribution >= 4 is 39.8 Å². The number of anilines is 1. The summed E-state index contributed by atoms with van der Waals surface area (Å²) in [5, 5.41) is 4.42. The van der Waals surface area contributed by atoms with E-state index in [2.05, 4.69) is 5.32 Å². The van der Waals surface area contributed by atoms with E-state index in [4.69, 9.17) is 11.6 Å². The van der Waals surface area contributed by atoms with Crippen molar-refractivity contribution in [3.8, 4) is 0 Å². The second-order valence-electron chi connectivity index (χ2n) is 7.18. The van der Waals surface area contributed by atoms with E-state index in [1.54, 1.807) is 0 Å². The van der Waals surface area contributed by atoms with Gasteiger partial charge in [0.05, 0.1) is 9.88 Å². The maximum Gasteiger partial charge on any atom is 0.264 e. The van der Waals surface area contributed by atoms with E-state index in [1.165, 1.54) is 11.3 Å². The van der Waals surface area contributed by atoms with Gasteiger partial charge in [-0.25, -0.2) is 0 Å². The minimum absolute atomic E-state index is 0.0527. The minimum atomic E-state index is 0.0527. The van der Waals surface area contributed by atoms with Crippen molar-refractivity contribution < 1.29 is 9.59 Å². The molecule has 2 aliphatic rings. The number of rotatable bonds is 6. The standard InChI is InChI=1S/C20H21ClN2O2S/c1-12-10-17(22-19(24)14-4-5-14)26-18(12)20(25)23(16-8-9-16)11-13-2-6-15(21)7-3-13/h2-3,6-7,10,14,16H,4-5,8-9,11H2,1H3,(H,22,24). The molecule has 1 heterocycles. The number of thiophene rings is 1. The molecule has 0 unspecified atom stereocenters. The Morgan fingerprint density at radius 1 is 1.19 bits per heavy atom. The van der Waals surface area contributed by atoms with Gasteiger partial charge < -0.3 is 10.2 Å². The van der Waals surface area contributed by atoms with Crippen LogP contribution in [0.2, 0.25) is 5.02 Å². The Bertz CT molecular complexity index is 838. The zero-order valence-electron chi connectivity index (χ0n) is 14.6. The number of aryl methyl sites for hydroxylation is 1. The summed E-state index contributed by atoms with van der Waals surface area (Å²) in [6, 6.07) is 9.86. The summed E-state index contributed by atoms with van der Waals surface area (Å²) in [6.07, 6.45) is 4.04. The van der Waals surface area contributed by atoms with Crippen molar-refractivity contribution in [3.63, 3.8) is 0 Å². The number of halogens is 1. The van der Waals surface area contributed by atoms with E-state index in [-0.39, 0.29) is 17.7 Å². The fourth-order valence-corrected chi connectivity index (χ4v) is 4.15. The second kappa shape index (κ2) is 7.05. The largest absolute Gasteiger partial charge is 0.331 e. The molecule has 2 fully saturated rings. The van der Waals surface area contributed by atoms with Crippen LogP contribution in [0.5, 0.6) is 0 Å². The molecule has 2 aliphatic carbocycles. The van der Waals surface area contributed by atoms with Gasteiger partial charge in [-0.15, -0.1) is 11.3 Å². The number of hydrogen-bond acceptors (Lipinski definition) is 3. The number of carbonyl (C=O) groups excluding carboxylic acids is 2. The van der Waals surface area contributed by atoms with Crippen LogP contribution in [0.15, 0.2) is 30.3 Å². The van der Waals surface area contributed by atoms with Gasteiger partial charge in [0.1, 0.15) is 0 Å². The van der Waals surface area contributed by atoms with Gasteiger partial charge in [0.2, 0.25) is 5.91 Å². The summed E-state index contributed by atoms with van der Waals surface area (Å²) in [6.45, 7) is 2.52. The lowest BCUT2D eigenvalue weighted by atomic mass is 10.2. The van der Waals surface area contributed by atoms with Crippen molar-refractivity contribution in [2.45, 2.75) is 45.2 Å². The lowest BCUT2D eigenvalue weighted by Gasteiger charge is -2.22. The van der Waals surface area contributed by atoms with E-state index in [0.717, 1.165) is 46.7 Å². The molecule has 0 bridgehead atoms. The number of benzene rings is 1. The molecule has 0 spiro atoms. The van der Waals surface area contributed by atoms with Gasteiger partial charge in [0.15, 0.2) is 0 Å². The third kappa shape index (κ3) is 3.94. The van der Waals surface area contributed by atoms with Crippen LogP contribution in [-0.2, 0) is 11.3 Å². The molecule has 0 atom stereocenters. The highest BCUT2D eigenvalue weighted by Gasteiger charge is 2.35. The van der Waals surface area contributed by atoms with Gasteiger partial charge in [-0.05, 0) is 61.9 Å². The molecular formula is C20H21ClN2O2S. The predicted octanol–water partition coefficient (Wildman–Crippen LogP) is 4.86. The molecule has 4 rings (SSSR count). The van der Waals surface area contributed by atoms with Gasteiger partial charge in [-0.1, -0.05) is 23.7 Å². The first-order valence-electron chi connectivity index (χ1n) is 8.98. The quantitative estimate of drug-likeness (QED) is 0.767. The molecule has 1 aromatic carbocycles. The topological polar surface area (TPSA) is 49.4 Å². The fourth-order valence-electron chi connectivity index (χ4n) is 2.99. The second-order valence-corrected chi connectivity index (χ2v) is 8.67. The van der Waals surface area contributed by atoms with Crippen LogP contribution >= 0.6 is 22.9 Å². The summed E-state index contributed by atoms with van der Waals surface area (Å²) < 4.78 is 0. The first-order chi connectivity index (χ1) is 12.5. The van der Waals surface area contributed by atoms with Crippen LogP contribution in [0.1, 0.15) is 46.5 Å². The monoisotopic (exact) mass is 388 g/mol. The summed E-state index contributed by atoms with van der Waals surface area (Å²) in [5.74, 6) is 0.284. The third-order valence-electron chi connectivity index (χ3n) is 4.82. The van der Waals surface area contributed by atoms with Gasteiger partial charge in [-0.2, -0.15) is 0 Å². The maximum atomic E-state index is 13.2. The molecule has 2 saturated carbocycles. The van der Waals surface area contributed by atoms with E-state index < -0.39 is 0 Å². The van der Waals surface area contributed by atoms with Gasteiger partial charge in [-0.3, -0.25) is 9.59 Å². The number of hydrogen-bond donors (Lipinski definition) is 1. The molecule has 4 nitrogen and oxygen atoms in total. The van der Waals surface area contributed by atoms with Crippen LogP contribution in [0, 0.1) is 12.8 Å². The molecule has 26 heavy (non-hydrogen) atoms. The molecule has 0 radical (unpaired) electrons. The first-order valence-corrected chi connectivity index (χ1v) is 10.2. The van der Waals surface area contributed by atoms with Crippen molar-refractivity contribution in [3.05, 3.63) is 51.4 Å². The first kappa shape index (κ1) is 17.6. The van der Waals surface area contributed by atoms with Crippen LogP contribution < -0.4 is 5.32 Å². The van der Waals surface area contributed by atoms with Crippen LogP contribution in [0.4, 0.5) is 5.00 Å². The lowest BCUT2D eigenvalue weighted by Crippen LogP contribution is -2.32. The Kier molecular flexibility index (Phi) is 4.76. The Hall–Kier alpha value is -1.85. The molecule has 1 aromatic heterocycles. The smallest absolute Gasteiger partial charge is 0.264 e. The maximum absolute atomic E-state index is 13.2. The van der Waals surface area contributed by atoms with Crippen molar-refractivity contribution in [2.75, 3.05) is 5.32 Å². The number of nitrogens with zero attached hydrogens (tertiary/aromatic N) is 1. The zero-order chi connectivity index (χ0) is 18.3. The molecule has 6 heteroatoms. The lowest BCUT2D eigenvalue weighted by molar-refractivity contribution is -0.117. The molecule has 2 amide bonds. The SMILES string of the molecule is Cc1cc(NC(=O)C2CC2)sc1C(=O)N(Cc1ccc(Cl)cc1)C1CC1. The van der Waals surface area contributed by atoms with Crippen LogP contribution in [-0.4, -0.2) is 22.8 Å². The molecule has 0 saturated heterocycles. The normalized spacial score (nSPS) is 16.4. The predicted molar refractivity (Wildman–Crippen MR) is 105 cm³/mol. The Morgan fingerprint density at radius 3 is 2.50 bits per heavy atom. The highest BCUT2D eigenvalue weighted by molar-refractivity contribution is 7.18. The summed E-state index contributed by atoms with van der Waals surface area (Å²) in [4.78, 5) is 27.8. The molecule has 1 N–H and O–H groups in total. The van der Waals surface area contributed by atoms with E-state index in [0.29, 0.717) is 17.6 Å². The summed E-state index contributed by atoms with van der Waals surface area (Å²) >= 11 is 7.34. The van der Waals surface area contributed by atoms with Crippen molar-refractivity contribution in [1.82, 2.24) is 4.90 Å². The van der Waals surface area contributed by atoms with Gasteiger partial charge in [0, 0.05) is 23.5 Å². The highest BCUT2D eigenvalue weighted by Crippen LogP contribution is 2.35. The van der Waals surface area contributed by atoms with Crippen LogP contribution in [0.3, 0.4) is 0 Å². The molecule has 0 aliphatic heterocycles. The van der Waals surface area contributed by atoms with Gasteiger partial charge >= 0.3 is 0 Å². The van der Waals surface area contributed by atoms with Gasteiger partial charge in [0.25, 0.3) is 5.91 Å². The van der Waals surface area contributed by atoms with Crippen molar-refractivity contribution in [2.24, 2.45) is 5.92 Å². The summed E-state index contributed by atoms with van der Waals surface area (Å²) in [5.41, 5.74) is 2.00. The summed E-state index contributed by atoms with van der Waals surface area (Å²) in [7, 11) is 0. The average molecular weight is 389 g/mol. The number of amides is 2. The Morgan fingerprint density at radius 2 is 1.88 bits per heavy atom. The Balaban J connectivity index is 1.51. The molecular weight excluding hydrogens is 368 g/mol. The van der Waals surface area contributed by atoms with Crippen molar-refractivity contribution in [1.29, 1.82) is 0 Å². The average Bonchev–Trinajstić information content (AvgIpc) is 3.52. The Labute approximate surface area is 162 Å². The van der Waals surface area contributed by atoms with E-state index >= 15 is 0 Å². The minimum Gasteiger partial charge on any atom is -0.331 e. The zero-order valence-corrected chi connectivity index (χ0v) is 16.2.